The number of hydrogen-bond donors (Lipinski definition) is 1. The number of hydrogen-bond acceptors (Lipinski definition) is 6. The molecule has 0 radical (unpaired) electrons. The number of unbranched alkanes of at least 4 members (excludes halogenated alkanes) is 1. The molecule has 0 unspecified atom stereocenters. The second-order valence-corrected chi connectivity index (χ2v) is 8.07. The maximum atomic E-state index is 12.7. The lowest BCUT2D eigenvalue weighted by Gasteiger charge is -2.31. The summed E-state index contributed by atoms with van der Waals surface area (Å²) < 4.78 is 10.2. The maximum Gasteiger partial charge on any atom is 0.409 e. The molecule has 0 spiro atoms. The molecule has 1 N–H and O–H groups in total. The van der Waals surface area contributed by atoms with Crippen LogP contribution in [0.25, 0.3) is 0 Å². The van der Waals surface area contributed by atoms with Crippen molar-refractivity contribution in [3.05, 3.63) is 34.9 Å². The van der Waals surface area contributed by atoms with E-state index in [0.29, 0.717) is 56.7 Å². The van der Waals surface area contributed by atoms with Gasteiger partial charge in [0.25, 0.3) is 17.7 Å². The number of rotatable bonds is 9. The fourth-order valence-electron chi connectivity index (χ4n) is 3.87. The number of imide groups is 1. The van der Waals surface area contributed by atoms with Gasteiger partial charge in [0.1, 0.15) is 0 Å². The average molecular weight is 446 g/mol. The van der Waals surface area contributed by atoms with Crippen molar-refractivity contribution in [2.45, 2.75) is 45.1 Å². The molecule has 1 saturated heterocycles. The molecule has 174 valence electrons. The number of carbonyl (C=O) groups excluding carboxylic acids is 4. The molecule has 0 aromatic heterocycles. The molecule has 2 heterocycles. The zero-order valence-corrected chi connectivity index (χ0v) is 18.7. The van der Waals surface area contributed by atoms with Gasteiger partial charge < -0.3 is 19.7 Å². The Morgan fingerprint density at radius 1 is 1.06 bits per heavy atom. The summed E-state index contributed by atoms with van der Waals surface area (Å²) in [6, 6.07) is 4.52. The largest absolute Gasteiger partial charge is 0.449 e. The molecule has 3 rings (SSSR count). The summed E-state index contributed by atoms with van der Waals surface area (Å²) in [5.41, 5.74) is 0.911. The topological polar surface area (TPSA) is 105 Å². The van der Waals surface area contributed by atoms with Gasteiger partial charge in [-0.3, -0.25) is 19.3 Å². The minimum absolute atomic E-state index is 0.0710. The average Bonchev–Trinajstić information content (AvgIpc) is 3.04. The molecule has 0 atom stereocenters. The number of carbonyl (C=O) groups is 4. The fraction of sp³-hybridized carbons (Fsp3) is 0.565. The Labute approximate surface area is 188 Å². The molecular weight excluding hydrogens is 414 g/mol. The number of fused-ring (bicyclic) bond motifs is 1. The van der Waals surface area contributed by atoms with E-state index in [-0.39, 0.29) is 42.0 Å². The summed E-state index contributed by atoms with van der Waals surface area (Å²) in [6.45, 7) is 4.23. The Bertz CT molecular complexity index is 863. The van der Waals surface area contributed by atoms with Gasteiger partial charge in [-0.2, -0.15) is 0 Å². The zero-order chi connectivity index (χ0) is 23.1. The first-order chi connectivity index (χ1) is 15.5. The van der Waals surface area contributed by atoms with Crippen molar-refractivity contribution >= 4 is 23.8 Å². The van der Waals surface area contributed by atoms with E-state index in [1.165, 1.54) is 17.0 Å². The molecule has 1 aromatic carbocycles. The summed E-state index contributed by atoms with van der Waals surface area (Å²) in [7, 11) is 1.57. The highest BCUT2D eigenvalue weighted by Crippen LogP contribution is 2.24. The van der Waals surface area contributed by atoms with Crippen LogP contribution in [0.15, 0.2) is 18.2 Å². The number of likely N-dealkylation sites (tertiary alicyclic amines) is 1. The van der Waals surface area contributed by atoms with Crippen molar-refractivity contribution in [3.63, 3.8) is 0 Å². The van der Waals surface area contributed by atoms with Crippen LogP contribution in [0.2, 0.25) is 0 Å². The number of amides is 4. The molecule has 4 amide bonds. The van der Waals surface area contributed by atoms with Gasteiger partial charge in [-0.1, -0.05) is 13.3 Å². The monoisotopic (exact) mass is 445 g/mol. The third kappa shape index (κ3) is 5.45. The summed E-state index contributed by atoms with van der Waals surface area (Å²) in [6.07, 6.45) is 3.32. The van der Waals surface area contributed by atoms with E-state index < -0.39 is 0 Å². The molecule has 9 heteroatoms. The van der Waals surface area contributed by atoms with E-state index in [0.717, 1.165) is 12.8 Å². The second-order valence-electron chi connectivity index (χ2n) is 8.07. The Balaban J connectivity index is 1.54. The minimum atomic E-state index is -0.384. The van der Waals surface area contributed by atoms with Crippen molar-refractivity contribution in [3.8, 4) is 0 Å². The quantitative estimate of drug-likeness (QED) is 0.462. The Kier molecular flexibility index (Phi) is 8.21. The number of nitrogens with one attached hydrogen (secondary N) is 1. The molecular formula is C23H31N3O6. The van der Waals surface area contributed by atoms with Crippen molar-refractivity contribution in [1.29, 1.82) is 0 Å². The number of methoxy groups -OCH3 is 1. The lowest BCUT2D eigenvalue weighted by Crippen LogP contribution is -2.46. The van der Waals surface area contributed by atoms with Crippen molar-refractivity contribution in [2.24, 2.45) is 0 Å². The number of ether oxygens (including phenoxy) is 2. The predicted molar refractivity (Wildman–Crippen MR) is 117 cm³/mol. The van der Waals surface area contributed by atoms with Gasteiger partial charge >= 0.3 is 6.09 Å². The summed E-state index contributed by atoms with van der Waals surface area (Å²) in [4.78, 5) is 52.8. The molecule has 0 bridgehead atoms. The van der Waals surface area contributed by atoms with E-state index in [2.05, 4.69) is 5.32 Å². The van der Waals surface area contributed by atoms with Crippen LogP contribution in [0.1, 0.15) is 70.1 Å². The molecule has 1 aromatic rings. The first-order valence-corrected chi connectivity index (χ1v) is 11.2. The van der Waals surface area contributed by atoms with Gasteiger partial charge in [-0.15, -0.1) is 0 Å². The molecule has 2 aliphatic rings. The van der Waals surface area contributed by atoms with Crippen LogP contribution >= 0.6 is 0 Å². The first-order valence-electron chi connectivity index (χ1n) is 11.2. The second kappa shape index (κ2) is 11.1. The Hall–Kier alpha value is -2.94. The minimum Gasteiger partial charge on any atom is -0.449 e. The van der Waals surface area contributed by atoms with Crippen LogP contribution < -0.4 is 5.32 Å². The molecule has 9 nitrogen and oxygen atoms in total. The fourth-order valence-corrected chi connectivity index (χ4v) is 3.87. The smallest absolute Gasteiger partial charge is 0.409 e. The highest BCUT2D eigenvalue weighted by molar-refractivity contribution is 6.22. The van der Waals surface area contributed by atoms with Crippen LogP contribution in [0.4, 0.5) is 4.79 Å². The van der Waals surface area contributed by atoms with E-state index >= 15 is 0 Å². The van der Waals surface area contributed by atoms with Crippen molar-refractivity contribution < 1.29 is 28.7 Å². The van der Waals surface area contributed by atoms with Gasteiger partial charge in [0, 0.05) is 45.0 Å². The lowest BCUT2D eigenvalue weighted by atomic mass is 10.0. The number of nitrogens with zero attached hydrogens (tertiary/aromatic N) is 2. The van der Waals surface area contributed by atoms with E-state index in [4.69, 9.17) is 9.47 Å². The van der Waals surface area contributed by atoms with Gasteiger partial charge in [-0.05, 0) is 43.9 Å². The SMILES string of the molecule is CCCCOC(=O)N1CCC(NC(=O)c2ccc3c(c2)C(=O)N(CCCOC)C3=O)CC1. The Morgan fingerprint density at radius 2 is 1.78 bits per heavy atom. The standard InChI is InChI=1S/C23H31N3O6/c1-3-4-14-32-23(30)25-11-8-17(9-12-25)24-20(27)16-6-7-18-19(15-16)22(29)26(21(18)28)10-5-13-31-2/h6-7,15,17H,3-5,8-14H2,1-2H3,(H,24,27). The van der Waals surface area contributed by atoms with Crippen molar-refractivity contribution in [1.82, 2.24) is 15.1 Å². The van der Waals surface area contributed by atoms with Gasteiger partial charge in [0.15, 0.2) is 0 Å². The zero-order valence-electron chi connectivity index (χ0n) is 18.7. The molecule has 1 fully saturated rings. The molecule has 2 aliphatic heterocycles. The van der Waals surface area contributed by atoms with Crippen LogP contribution in [-0.2, 0) is 9.47 Å². The van der Waals surface area contributed by atoms with Crippen molar-refractivity contribution in [2.75, 3.05) is 40.0 Å². The molecule has 32 heavy (non-hydrogen) atoms. The first kappa shape index (κ1) is 23.7. The molecule has 0 aliphatic carbocycles. The van der Waals surface area contributed by atoms with E-state index in [1.54, 1.807) is 18.1 Å². The van der Waals surface area contributed by atoms with Crippen LogP contribution in [0.5, 0.6) is 0 Å². The summed E-state index contributed by atoms with van der Waals surface area (Å²) in [5, 5.41) is 2.97. The maximum absolute atomic E-state index is 12.7. The Morgan fingerprint density at radius 3 is 2.47 bits per heavy atom. The third-order valence-electron chi connectivity index (χ3n) is 5.77. The normalized spacial score (nSPS) is 16.3. The van der Waals surface area contributed by atoms with Gasteiger partial charge in [0.05, 0.1) is 17.7 Å². The number of piperidine rings is 1. The van der Waals surface area contributed by atoms with Crippen LogP contribution in [0.3, 0.4) is 0 Å². The van der Waals surface area contributed by atoms with E-state index in [9.17, 15) is 19.2 Å². The van der Waals surface area contributed by atoms with E-state index in [1.807, 2.05) is 6.92 Å². The number of benzene rings is 1. The highest BCUT2D eigenvalue weighted by Gasteiger charge is 2.35. The lowest BCUT2D eigenvalue weighted by molar-refractivity contribution is 0.0637. The van der Waals surface area contributed by atoms with Gasteiger partial charge in [0.2, 0.25) is 0 Å². The van der Waals surface area contributed by atoms with Crippen LogP contribution in [-0.4, -0.2) is 79.6 Å². The predicted octanol–water partition coefficient (Wildman–Crippen LogP) is 2.45. The summed E-state index contributed by atoms with van der Waals surface area (Å²) >= 11 is 0. The van der Waals surface area contributed by atoms with Gasteiger partial charge in [-0.25, -0.2) is 4.79 Å². The van der Waals surface area contributed by atoms with Crippen LogP contribution in [0, 0.1) is 0 Å². The summed E-state index contributed by atoms with van der Waals surface area (Å²) in [5.74, 6) is -1.02. The third-order valence-corrected chi connectivity index (χ3v) is 5.77. The molecule has 0 saturated carbocycles. The highest BCUT2D eigenvalue weighted by atomic mass is 16.6.